The number of nitrogens with zero attached hydrogens (tertiary/aromatic N) is 1. The molecule has 0 saturated carbocycles. The number of amides is 1. The molecule has 0 aromatic heterocycles. The van der Waals surface area contributed by atoms with Crippen molar-refractivity contribution in [3.05, 3.63) is 30.1 Å². The highest BCUT2D eigenvalue weighted by Crippen LogP contribution is 2.11. The second-order valence-electron chi connectivity index (χ2n) is 4.72. The van der Waals surface area contributed by atoms with Gasteiger partial charge in [-0.25, -0.2) is 4.39 Å². The number of hydrogen-bond donors (Lipinski definition) is 2. The van der Waals surface area contributed by atoms with Crippen molar-refractivity contribution in [2.45, 2.75) is 6.04 Å². The fraction of sp³-hybridized carbons (Fsp3) is 0.500. The van der Waals surface area contributed by atoms with Crippen LogP contribution in [-0.2, 0) is 4.79 Å². The van der Waals surface area contributed by atoms with Gasteiger partial charge in [-0.15, -0.1) is 12.4 Å². The molecule has 1 fully saturated rings. The molecule has 0 aliphatic carbocycles. The molecule has 1 aliphatic heterocycles. The quantitative estimate of drug-likeness (QED) is 0.837. The summed E-state index contributed by atoms with van der Waals surface area (Å²) in [6.07, 6.45) is 0. The predicted molar refractivity (Wildman–Crippen MR) is 81.4 cm³/mol. The first kappa shape index (κ1) is 17.7. The van der Waals surface area contributed by atoms with Crippen LogP contribution in [0.25, 0.3) is 0 Å². The van der Waals surface area contributed by atoms with Crippen molar-refractivity contribution in [1.82, 2.24) is 15.5 Å². The minimum absolute atomic E-state index is 0. The Labute approximate surface area is 130 Å². The number of benzene rings is 1. The SMILES string of the molecule is CNC(=O)C1CN(CCOc2ccc(F)cc2)CCN1.Cl. The maximum atomic E-state index is 12.7. The van der Waals surface area contributed by atoms with Gasteiger partial charge in [-0.1, -0.05) is 0 Å². The highest BCUT2D eigenvalue weighted by molar-refractivity contribution is 5.85. The van der Waals surface area contributed by atoms with Crippen molar-refractivity contribution < 1.29 is 13.9 Å². The first-order valence-corrected chi connectivity index (χ1v) is 6.75. The van der Waals surface area contributed by atoms with E-state index in [9.17, 15) is 9.18 Å². The molecule has 1 aromatic rings. The van der Waals surface area contributed by atoms with Gasteiger partial charge < -0.3 is 15.4 Å². The number of piperazine rings is 1. The summed E-state index contributed by atoms with van der Waals surface area (Å²) < 4.78 is 18.3. The number of hydrogen-bond acceptors (Lipinski definition) is 4. The summed E-state index contributed by atoms with van der Waals surface area (Å²) in [4.78, 5) is 13.8. The van der Waals surface area contributed by atoms with Crippen molar-refractivity contribution in [1.29, 1.82) is 0 Å². The second-order valence-corrected chi connectivity index (χ2v) is 4.72. The minimum Gasteiger partial charge on any atom is -0.492 e. The smallest absolute Gasteiger partial charge is 0.238 e. The van der Waals surface area contributed by atoms with Gasteiger partial charge in [-0.3, -0.25) is 9.69 Å². The molecule has 21 heavy (non-hydrogen) atoms. The molecule has 1 atom stereocenters. The maximum absolute atomic E-state index is 12.7. The van der Waals surface area contributed by atoms with Gasteiger partial charge in [-0.2, -0.15) is 0 Å². The van der Waals surface area contributed by atoms with Crippen molar-refractivity contribution in [3.63, 3.8) is 0 Å². The van der Waals surface area contributed by atoms with E-state index in [1.165, 1.54) is 12.1 Å². The van der Waals surface area contributed by atoms with E-state index in [1.54, 1.807) is 19.2 Å². The first-order chi connectivity index (χ1) is 9.69. The Morgan fingerprint density at radius 1 is 1.48 bits per heavy atom. The molecule has 1 unspecified atom stereocenters. The Morgan fingerprint density at radius 3 is 2.86 bits per heavy atom. The minimum atomic E-state index is -0.270. The lowest BCUT2D eigenvalue weighted by molar-refractivity contribution is -0.123. The van der Waals surface area contributed by atoms with Gasteiger partial charge in [0, 0.05) is 33.2 Å². The summed E-state index contributed by atoms with van der Waals surface area (Å²) in [5, 5.41) is 5.83. The number of carbonyl (C=O) groups is 1. The van der Waals surface area contributed by atoms with Crippen LogP contribution in [0.15, 0.2) is 24.3 Å². The van der Waals surface area contributed by atoms with Gasteiger partial charge >= 0.3 is 0 Å². The molecule has 1 heterocycles. The summed E-state index contributed by atoms with van der Waals surface area (Å²) in [7, 11) is 1.64. The van der Waals surface area contributed by atoms with E-state index in [0.29, 0.717) is 18.9 Å². The highest BCUT2D eigenvalue weighted by atomic mass is 35.5. The molecule has 118 valence electrons. The molecule has 0 spiro atoms. The molecule has 5 nitrogen and oxygen atoms in total. The van der Waals surface area contributed by atoms with Gasteiger partial charge in [0.15, 0.2) is 0 Å². The summed E-state index contributed by atoms with van der Waals surface area (Å²) in [6, 6.07) is 5.81. The number of halogens is 2. The van der Waals surface area contributed by atoms with Crippen LogP contribution in [0.5, 0.6) is 5.75 Å². The van der Waals surface area contributed by atoms with E-state index in [1.807, 2.05) is 0 Å². The zero-order chi connectivity index (χ0) is 14.4. The highest BCUT2D eigenvalue weighted by Gasteiger charge is 2.24. The van der Waals surface area contributed by atoms with Crippen LogP contribution < -0.4 is 15.4 Å². The van der Waals surface area contributed by atoms with Crippen LogP contribution in [0, 0.1) is 5.82 Å². The van der Waals surface area contributed by atoms with E-state index < -0.39 is 0 Å². The molecule has 1 amide bonds. The van der Waals surface area contributed by atoms with E-state index in [-0.39, 0.29) is 30.2 Å². The summed E-state index contributed by atoms with van der Waals surface area (Å²) in [5.41, 5.74) is 0. The van der Waals surface area contributed by atoms with Gasteiger partial charge in [0.05, 0.1) is 6.04 Å². The Bertz CT molecular complexity index is 444. The summed E-state index contributed by atoms with van der Waals surface area (Å²) in [5.74, 6) is 0.395. The third-order valence-electron chi connectivity index (χ3n) is 3.31. The average molecular weight is 318 g/mol. The van der Waals surface area contributed by atoms with Crippen LogP contribution >= 0.6 is 12.4 Å². The third-order valence-corrected chi connectivity index (χ3v) is 3.31. The molecule has 2 N–H and O–H groups in total. The third kappa shape index (κ3) is 5.49. The van der Waals surface area contributed by atoms with Crippen molar-refractivity contribution in [3.8, 4) is 5.75 Å². The Hall–Kier alpha value is -1.37. The van der Waals surface area contributed by atoms with E-state index in [4.69, 9.17) is 4.74 Å². The molecule has 1 saturated heterocycles. The van der Waals surface area contributed by atoms with Gasteiger partial charge in [0.2, 0.25) is 5.91 Å². The van der Waals surface area contributed by atoms with Crippen LogP contribution in [0.4, 0.5) is 4.39 Å². The Balaban J connectivity index is 0.00000220. The normalized spacial score (nSPS) is 18.7. The molecule has 7 heteroatoms. The zero-order valence-corrected chi connectivity index (χ0v) is 12.8. The zero-order valence-electron chi connectivity index (χ0n) is 12.0. The summed E-state index contributed by atoms with van der Waals surface area (Å²) >= 11 is 0. The lowest BCUT2D eigenvalue weighted by Crippen LogP contribution is -2.57. The fourth-order valence-corrected chi connectivity index (χ4v) is 2.19. The van der Waals surface area contributed by atoms with Gasteiger partial charge in [-0.05, 0) is 24.3 Å². The summed E-state index contributed by atoms with van der Waals surface area (Å²) in [6.45, 7) is 3.61. The largest absolute Gasteiger partial charge is 0.492 e. The fourth-order valence-electron chi connectivity index (χ4n) is 2.19. The Morgan fingerprint density at radius 2 is 2.19 bits per heavy atom. The number of rotatable bonds is 5. The van der Waals surface area contributed by atoms with Crippen molar-refractivity contribution in [2.75, 3.05) is 39.8 Å². The van der Waals surface area contributed by atoms with E-state index >= 15 is 0 Å². The lowest BCUT2D eigenvalue weighted by Gasteiger charge is -2.32. The van der Waals surface area contributed by atoms with Crippen LogP contribution in [-0.4, -0.2) is 56.7 Å². The number of ether oxygens (including phenoxy) is 1. The molecular weight excluding hydrogens is 297 g/mol. The molecule has 1 aromatic carbocycles. The van der Waals surface area contributed by atoms with Crippen LogP contribution in [0.3, 0.4) is 0 Å². The standard InChI is InChI=1S/C14H20FN3O2.ClH/c1-16-14(19)13-10-18(7-6-17-13)8-9-20-12-4-2-11(15)3-5-12;/h2-5,13,17H,6-10H2,1H3,(H,16,19);1H. The van der Waals surface area contributed by atoms with Gasteiger partial charge in [0.1, 0.15) is 18.2 Å². The van der Waals surface area contributed by atoms with E-state index in [2.05, 4.69) is 15.5 Å². The monoisotopic (exact) mass is 317 g/mol. The predicted octanol–water partition coefficient (Wildman–Crippen LogP) is 0.646. The number of likely N-dealkylation sites (N-methyl/N-ethyl adjacent to an activating group) is 1. The second kappa shape index (κ2) is 8.81. The van der Waals surface area contributed by atoms with Gasteiger partial charge in [0.25, 0.3) is 0 Å². The maximum Gasteiger partial charge on any atom is 0.238 e. The molecular formula is C14H21ClFN3O2. The molecule has 2 rings (SSSR count). The number of carbonyl (C=O) groups excluding carboxylic acids is 1. The topological polar surface area (TPSA) is 53.6 Å². The molecule has 1 aliphatic rings. The first-order valence-electron chi connectivity index (χ1n) is 6.75. The van der Waals surface area contributed by atoms with Crippen LogP contribution in [0.1, 0.15) is 0 Å². The molecule has 0 radical (unpaired) electrons. The molecule has 0 bridgehead atoms. The van der Waals surface area contributed by atoms with Crippen LogP contribution in [0.2, 0.25) is 0 Å². The number of nitrogens with one attached hydrogen (secondary N) is 2. The average Bonchev–Trinajstić information content (AvgIpc) is 2.49. The lowest BCUT2D eigenvalue weighted by atomic mass is 10.2. The van der Waals surface area contributed by atoms with E-state index in [0.717, 1.165) is 19.6 Å². The van der Waals surface area contributed by atoms with Crippen molar-refractivity contribution >= 4 is 18.3 Å². The van der Waals surface area contributed by atoms with Crippen molar-refractivity contribution in [2.24, 2.45) is 0 Å². The Kier molecular flexibility index (Phi) is 7.42.